The van der Waals surface area contributed by atoms with Crippen LogP contribution in [0.25, 0.3) is 0 Å². The Kier molecular flexibility index (Phi) is 5.89. The van der Waals surface area contributed by atoms with Crippen LogP contribution in [0.15, 0.2) is 28.8 Å². The topological polar surface area (TPSA) is 105 Å². The Morgan fingerprint density at radius 3 is 2.66 bits per heavy atom. The lowest BCUT2D eigenvalue weighted by Crippen LogP contribution is -2.70. The largest absolute Gasteiger partial charge is 0.484 e. The number of carbonyl (C=O) groups is 2. The van der Waals surface area contributed by atoms with Gasteiger partial charge in [-0.05, 0) is 51.2 Å². The number of hydrogen-bond acceptors (Lipinski definition) is 6. The maximum atomic E-state index is 13.5. The second-order valence-corrected chi connectivity index (χ2v) is 9.12. The van der Waals surface area contributed by atoms with E-state index in [0.717, 1.165) is 6.07 Å². The lowest BCUT2D eigenvalue weighted by Gasteiger charge is -2.58. The summed E-state index contributed by atoms with van der Waals surface area (Å²) in [4.78, 5) is 27.0. The zero-order chi connectivity index (χ0) is 23.1. The van der Waals surface area contributed by atoms with Crippen molar-refractivity contribution in [2.45, 2.75) is 56.2 Å². The van der Waals surface area contributed by atoms with Crippen LogP contribution in [0.5, 0.6) is 5.75 Å². The van der Waals surface area contributed by atoms with Gasteiger partial charge in [-0.1, -0.05) is 16.8 Å². The van der Waals surface area contributed by atoms with Crippen LogP contribution in [-0.4, -0.2) is 57.8 Å². The maximum Gasteiger partial charge on any atom is 0.292 e. The molecule has 3 fully saturated rings. The lowest BCUT2D eigenvalue weighted by molar-refractivity contribution is -0.135. The van der Waals surface area contributed by atoms with Crippen molar-refractivity contribution in [1.29, 1.82) is 0 Å². The first kappa shape index (κ1) is 22.5. The summed E-state index contributed by atoms with van der Waals surface area (Å²) >= 11 is 5.65. The van der Waals surface area contributed by atoms with Crippen LogP contribution >= 0.6 is 11.6 Å². The summed E-state index contributed by atoms with van der Waals surface area (Å²) in [6.07, 6.45) is 1.80. The number of carbonyl (C=O) groups excluding carboxylic acids is 2. The summed E-state index contributed by atoms with van der Waals surface area (Å²) in [6, 6.07) is 5.53. The molecule has 5 rings (SSSR count). The molecule has 2 N–H and O–H groups in total. The average molecular weight is 466 g/mol. The molecule has 3 aliphatic carbocycles. The van der Waals surface area contributed by atoms with Gasteiger partial charge in [0.1, 0.15) is 11.6 Å². The fourth-order valence-corrected chi connectivity index (χ4v) is 4.93. The highest BCUT2D eigenvalue weighted by Crippen LogP contribution is 2.50. The second-order valence-electron chi connectivity index (χ2n) is 8.71. The van der Waals surface area contributed by atoms with Gasteiger partial charge in [0.15, 0.2) is 6.61 Å². The van der Waals surface area contributed by atoms with Gasteiger partial charge in [-0.15, -0.1) is 0 Å². The molecule has 0 unspecified atom stereocenters. The third-order valence-electron chi connectivity index (χ3n) is 6.79. The van der Waals surface area contributed by atoms with E-state index in [2.05, 4.69) is 10.5 Å². The molecule has 1 atom stereocenters. The predicted molar refractivity (Wildman–Crippen MR) is 113 cm³/mol. The minimum Gasteiger partial charge on any atom is -0.484 e. The molecule has 2 amide bonds. The van der Waals surface area contributed by atoms with E-state index in [9.17, 15) is 19.1 Å². The van der Waals surface area contributed by atoms with E-state index in [0.29, 0.717) is 37.8 Å². The van der Waals surface area contributed by atoms with E-state index < -0.39 is 28.9 Å². The molecular weight excluding hydrogens is 441 g/mol. The van der Waals surface area contributed by atoms with Crippen molar-refractivity contribution in [2.75, 3.05) is 13.7 Å². The van der Waals surface area contributed by atoms with Crippen molar-refractivity contribution in [3.8, 4) is 5.75 Å². The van der Waals surface area contributed by atoms with Crippen molar-refractivity contribution in [3.05, 3.63) is 46.6 Å². The fraction of sp³-hybridized carbons (Fsp3) is 0.500. The Balaban J connectivity index is 1.38. The number of rotatable bonds is 6. The molecular formula is C22H25ClFN3O5. The van der Waals surface area contributed by atoms with Gasteiger partial charge in [0, 0.05) is 24.7 Å². The van der Waals surface area contributed by atoms with Gasteiger partial charge in [0.2, 0.25) is 5.76 Å². The molecule has 10 heteroatoms. The molecule has 172 valence electrons. The quantitative estimate of drug-likeness (QED) is 0.679. The minimum atomic E-state index is -0.825. The third-order valence-corrected chi connectivity index (χ3v) is 7.09. The lowest BCUT2D eigenvalue weighted by atomic mass is 9.59. The van der Waals surface area contributed by atoms with Crippen molar-refractivity contribution >= 4 is 23.4 Å². The summed E-state index contributed by atoms with van der Waals surface area (Å²) in [5, 5.41) is 17.6. The van der Waals surface area contributed by atoms with Gasteiger partial charge in [0.25, 0.3) is 11.8 Å². The van der Waals surface area contributed by atoms with Crippen molar-refractivity contribution in [1.82, 2.24) is 15.4 Å². The number of halogens is 2. The number of hydrogen-bond donors (Lipinski definition) is 2. The van der Waals surface area contributed by atoms with Gasteiger partial charge in [-0.25, -0.2) is 4.39 Å². The highest BCUT2D eigenvalue weighted by molar-refractivity contribution is 6.30. The molecule has 0 aliphatic heterocycles. The van der Waals surface area contributed by atoms with E-state index in [-0.39, 0.29) is 29.0 Å². The summed E-state index contributed by atoms with van der Waals surface area (Å²) in [5.41, 5.74) is -0.668. The first-order chi connectivity index (χ1) is 15.1. The van der Waals surface area contributed by atoms with Crippen molar-refractivity contribution < 1.29 is 28.3 Å². The smallest absolute Gasteiger partial charge is 0.292 e. The fourth-order valence-electron chi connectivity index (χ4n) is 4.81. The SMILES string of the molecule is Cc1cc(C(=O)N(C)C23CCC(NC(=O)COc4ccc(Cl)c(F)c4)(CC2)[C@@H](O)C3)on1. The Morgan fingerprint density at radius 2 is 2.06 bits per heavy atom. The second kappa shape index (κ2) is 8.37. The Bertz CT molecular complexity index is 1030. The molecule has 0 spiro atoms. The number of fused-ring (bicyclic) bond motifs is 3. The minimum absolute atomic E-state index is 0.0291. The molecule has 1 heterocycles. The number of nitrogens with one attached hydrogen (secondary N) is 1. The molecule has 0 radical (unpaired) electrons. The summed E-state index contributed by atoms with van der Waals surface area (Å²) < 4.78 is 24.0. The van der Waals surface area contributed by atoms with Gasteiger partial charge in [0.05, 0.1) is 22.4 Å². The Hall–Kier alpha value is -2.65. The first-order valence-electron chi connectivity index (χ1n) is 10.4. The van der Waals surface area contributed by atoms with Crippen LogP contribution in [0.2, 0.25) is 5.02 Å². The number of ether oxygens (including phenoxy) is 1. The van der Waals surface area contributed by atoms with Crippen molar-refractivity contribution in [3.63, 3.8) is 0 Å². The van der Waals surface area contributed by atoms with Gasteiger partial charge >= 0.3 is 0 Å². The van der Waals surface area contributed by atoms with Crippen LogP contribution in [0.1, 0.15) is 48.4 Å². The summed E-state index contributed by atoms with van der Waals surface area (Å²) in [7, 11) is 1.71. The number of aryl methyl sites for hydroxylation is 1. The predicted octanol–water partition coefficient (Wildman–Crippen LogP) is 2.86. The Morgan fingerprint density at radius 1 is 1.34 bits per heavy atom. The van der Waals surface area contributed by atoms with E-state index >= 15 is 0 Å². The summed E-state index contributed by atoms with van der Waals surface area (Å²) in [6.45, 7) is 1.43. The van der Waals surface area contributed by atoms with Crippen molar-refractivity contribution in [2.24, 2.45) is 0 Å². The third kappa shape index (κ3) is 4.06. The average Bonchev–Trinajstić information content (AvgIpc) is 3.21. The van der Waals surface area contributed by atoms with Crippen LogP contribution in [0.3, 0.4) is 0 Å². The molecule has 8 nitrogen and oxygen atoms in total. The van der Waals surface area contributed by atoms with Gasteiger partial charge < -0.3 is 24.6 Å². The van der Waals surface area contributed by atoms with Crippen LogP contribution in [-0.2, 0) is 4.79 Å². The molecule has 2 aromatic rings. The maximum absolute atomic E-state index is 13.5. The molecule has 1 aromatic carbocycles. The molecule has 3 aliphatic rings. The summed E-state index contributed by atoms with van der Waals surface area (Å²) in [5.74, 6) is -0.960. The number of aliphatic hydroxyl groups is 1. The zero-order valence-corrected chi connectivity index (χ0v) is 18.6. The number of benzene rings is 1. The molecule has 1 aromatic heterocycles. The van der Waals surface area contributed by atoms with E-state index in [1.54, 1.807) is 24.9 Å². The van der Waals surface area contributed by atoms with E-state index in [4.69, 9.17) is 20.9 Å². The van der Waals surface area contributed by atoms with Crippen LogP contribution in [0.4, 0.5) is 4.39 Å². The molecule has 2 bridgehead atoms. The zero-order valence-electron chi connectivity index (χ0n) is 17.9. The highest BCUT2D eigenvalue weighted by Gasteiger charge is 2.57. The van der Waals surface area contributed by atoms with Crippen LogP contribution < -0.4 is 10.1 Å². The number of amides is 2. The molecule has 32 heavy (non-hydrogen) atoms. The van der Waals surface area contributed by atoms with E-state index in [1.807, 2.05) is 0 Å². The monoisotopic (exact) mass is 465 g/mol. The van der Waals surface area contributed by atoms with Crippen LogP contribution in [0, 0.1) is 12.7 Å². The number of aliphatic hydroxyl groups excluding tert-OH is 1. The Labute approximate surface area is 189 Å². The molecule has 3 saturated carbocycles. The normalized spacial score (nSPS) is 26.6. The highest BCUT2D eigenvalue weighted by atomic mass is 35.5. The first-order valence-corrected chi connectivity index (χ1v) is 10.8. The number of aromatic nitrogens is 1. The number of nitrogens with zero attached hydrogens (tertiary/aromatic N) is 2. The standard InChI is InChI=1S/C22H25ClFN3O5/c1-13-9-17(32-26-13)20(30)27(2)21-5-7-22(8-6-21,18(28)11-21)25-19(29)12-31-14-3-4-15(23)16(24)10-14/h3-4,9-10,18,28H,5-8,11-12H2,1-2H3,(H,25,29)/t18-,21?,22?/m0/s1. The molecule has 0 saturated heterocycles. The van der Waals surface area contributed by atoms with Gasteiger partial charge in [-0.3, -0.25) is 9.59 Å². The van der Waals surface area contributed by atoms with E-state index in [1.165, 1.54) is 12.1 Å². The van der Waals surface area contributed by atoms with Gasteiger partial charge in [-0.2, -0.15) is 0 Å².